The standard InChI is InChI=1S/C21H24O3/c1-5-17(9-12-19(23)6-2)21(15(3)7-8-16(4)22)18-10-13-20(24)14-11-18/h5-14,21-24H,1-2H2,3-4H3/b15-7+,16-8+,17-9+,19-12+. The highest BCUT2D eigenvalue weighted by Crippen LogP contribution is 2.33. The molecule has 0 saturated carbocycles. The number of aliphatic hydroxyl groups excluding tert-OH is 2. The molecule has 0 aliphatic rings. The van der Waals surface area contributed by atoms with Gasteiger partial charge in [0.2, 0.25) is 0 Å². The van der Waals surface area contributed by atoms with Crippen LogP contribution in [0.2, 0.25) is 0 Å². The van der Waals surface area contributed by atoms with E-state index in [-0.39, 0.29) is 23.2 Å². The fourth-order valence-electron chi connectivity index (χ4n) is 2.27. The molecular formula is C21H24O3. The number of rotatable bonds is 7. The van der Waals surface area contributed by atoms with Crippen molar-refractivity contribution in [1.82, 2.24) is 0 Å². The lowest BCUT2D eigenvalue weighted by atomic mass is 9.84. The van der Waals surface area contributed by atoms with Crippen molar-refractivity contribution in [2.24, 2.45) is 0 Å². The first-order valence-corrected chi connectivity index (χ1v) is 7.57. The van der Waals surface area contributed by atoms with Gasteiger partial charge >= 0.3 is 0 Å². The monoisotopic (exact) mass is 324 g/mol. The van der Waals surface area contributed by atoms with Gasteiger partial charge in [-0.05, 0) is 55.3 Å². The molecule has 1 aromatic rings. The quantitative estimate of drug-likeness (QED) is 0.450. The molecule has 3 heteroatoms. The van der Waals surface area contributed by atoms with Crippen LogP contribution in [0.5, 0.6) is 5.75 Å². The van der Waals surface area contributed by atoms with E-state index in [9.17, 15) is 15.3 Å². The Morgan fingerprint density at radius 1 is 0.917 bits per heavy atom. The molecular weight excluding hydrogens is 300 g/mol. The molecule has 1 unspecified atom stereocenters. The number of aromatic hydroxyl groups is 1. The minimum atomic E-state index is -0.132. The molecule has 3 N–H and O–H groups in total. The van der Waals surface area contributed by atoms with Crippen molar-refractivity contribution in [3.63, 3.8) is 0 Å². The minimum absolute atomic E-state index is 0.0616. The lowest BCUT2D eigenvalue weighted by Gasteiger charge is -2.20. The largest absolute Gasteiger partial charge is 0.513 e. The summed E-state index contributed by atoms with van der Waals surface area (Å²) in [6.45, 7) is 10.9. The lowest BCUT2D eigenvalue weighted by Crippen LogP contribution is -2.03. The van der Waals surface area contributed by atoms with Crippen LogP contribution in [-0.4, -0.2) is 15.3 Å². The van der Waals surface area contributed by atoms with E-state index < -0.39 is 0 Å². The third-order valence-corrected chi connectivity index (χ3v) is 3.49. The number of allylic oxidation sites excluding steroid dienone is 9. The van der Waals surface area contributed by atoms with Gasteiger partial charge in [0.15, 0.2) is 0 Å². The molecule has 24 heavy (non-hydrogen) atoms. The van der Waals surface area contributed by atoms with Crippen molar-refractivity contribution >= 4 is 0 Å². The highest BCUT2D eigenvalue weighted by atomic mass is 16.3. The zero-order chi connectivity index (χ0) is 18.1. The Balaban J connectivity index is 3.43. The highest BCUT2D eigenvalue weighted by molar-refractivity contribution is 5.46. The Morgan fingerprint density at radius 3 is 2.04 bits per heavy atom. The molecule has 0 saturated heterocycles. The third-order valence-electron chi connectivity index (χ3n) is 3.49. The molecule has 0 bridgehead atoms. The Hall–Kier alpha value is -2.94. The Morgan fingerprint density at radius 2 is 1.54 bits per heavy atom. The number of aliphatic hydroxyl groups is 2. The second kappa shape index (κ2) is 9.26. The second-order valence-electron chi connectivity index (χ2n) is 5.41. The van der Waals surface area contributed by atoms with Crippen LogP contribution in [0.25, 0.3) is 0 Å². The molecule has 0 heterocycles. The fourth-order valence-corrected chi connectivity index (χ4v) is 2.27. The van der Waals surface area contributed by atoms with E-state index >= 15 is 0 Å². The van der Waals surface area contributed by atoms with Crippen LogP contribution in [0.3, 0.4) is 0 Å². The molecule has 0 aromatic heterocycles. The number of hydrogen-bond donors (Lipinski definition) is 3. The summed E-state index contributed by atoms with van der Waals surface area (Å²) >= 11 is 0. The van der Waals surface area contributed by atoms with Gasteiger partial charge in [0, 0.05) is 5.92 Å². The smallest absolute Gasteiger partial charge is 0.115 e. The summed E-state index contributed by atoms with van der Waals surface area (Å²) < 4.78 is 0. The maximum Gasteiger partial charge on any atom is 0.115 e. The minimum Gasteiger partial charge on any atom is -0.513 e. The van der Waals surface area contributed by atoms with Crippen LogP contribution in [0, 0.1) is 0 Å². The summed E-state index contributed by atoms with van der Waals surface area (Å²) in [6.07, 6.45) is 9.86. The van der Waals surface area contributed by atoms with Crippen molar-refractivity contribution in [3.8, 4) is 5.75 Å². The van der Waals surface area contributed by atoms with Crippen molar-refractivity contribution < 1.29 is 15.3 Å². The van der Waals surface area contributed by atoms with Gasteiger partial charge in [-0.3, -0.25) is 0 Å². The Labute approximate surface area is 143 Å². The predicted molar refractivity (Wildman–Crippen MR) is 100 cm³/mol. The van der Waals surface area contributed by atoms with Gasteiger partial charge < -0.3 is 15.3 Å². The molecule has 1 rings (SSSR count). The average molecular weight is 324 g/mol. The average Bonchev–Trinajstić information content (AvgIpc) is 2.57. The van der Waals surface area contributed by atoms with Gasteiger partial charge in [-0.15, -0.1) is 0 Å². The second-order valence-corrected chi connectivity index (χ2v) is 5.41. The molecule has 1 aromatic carbocycles. The molecule has 126 valence electrons. The van der Waals surface area contributed by atoms with Crippen LogP contribution >= 0.6 is 0 Å². The van der Waals surface area contributed by atoms with Crippen molar-refractivity contribution in [2.75, 3.05) is 0 Å². The number of benzene rings is 1. The van der Waals surface area contributed by atoms with Gasteiger partial charge in [-0.1, -0.05) is 49.1 Å². The molecule has 1 atom stereocenters. The van der Waals surface area contributed by atoms with E-state index in [1.54, 1.807) is 43.4 Å². The Kier molecular flexibility index (Phi) is 7.37. The number of phenolic OH excluding ortho intramolecular Hbond substituents is 1. The molecule has 0 aliphatic heterocycles. The number of hydrogen-bond acceptors (Lipinski definition) is 3. The van der Waals surface area contributed by atoms with E-state index in [1.165, 1.54) is 6.08 Å². The summed E-state index contributed by atoms with van der Waals surface area (Å²) in [6, 6.07) is 6.92. The summed E-state index contributed by atoms with van der Waals surface area (Å²) in [5.41, 5.74) is 2.81. The van der Waals surface area contributed by atoms with Gasteiger partial charge in [0.25, 0.3) is 0 Å². The maximum absolute atomic E-state index is 9.58. The van der Waals surface area contributed by atoms with Crippen molar-refractivity contribution in [2.45, 2.75) is 19.8 Å². The molecule has 0 amide bonds. The van der Waals surface area contributed by atoms with E-state index in [0.717, 1.165) is 16.7 Å². The van der Waals surface area contributed by atoms with Crippen LogP contribution in [0.15, 0.2) is 96.5 Å². The number of phenols is 1. The first kappa shape index (κ1) is 19.1. The van der Waals surface area contributed by atoms with Crippen LogP contribution in [0.1, 0.15) is 25.3 Å². The predicted octanol–water partition coefficient (Wildman–Crippen LogP) is 5.62. The molecule has 3 nitrogen and oxygen atoms in total. The van der Waals surface area contributed by atoms with Crippen molar-refractivity contribution in [1.29, 1.82) is 0 Å². The van der Waals surface area contributed by atoms with E-state index in [2.05, 4.69) is 13.2 Å². The zero-order valence-corrected chi connectivity index (χ0v) is 14.1. The van der Waals surface area contributed by atoms with Crippen LogP contribution in [-0.2, 0) is 0 Å². The van der Waals surface area contributed by atoms with Crippen LogP contribution in [0.4, 0.5) is 0 Å². The van der Waals surface area contributed by atoms with Gasteiger partial charge in [-0.2, -0.15) is 0 Å². The summed E-state index contributed by atoms with van der Waals surface area (Å²) in [5.74, 6) is 0.338. The first-order valence-electron chi connectivity index (χ1n) is 7.57. The summed E-state index contributed by atoms with van der Waals surface area (Å²) in [7, 11) is 0. The van der Waals surface area contributed by atoms with Crippen LogP contribution < -0.4 is 0 Å². The summed E-state index contributed by atoms with van der Waals surface area (Å²) in [5, 5.41) is 28.5. The highest BCUT2D eigenvalue weighted by Gasteiger charge is 2.16. The lowest BCUT2D eigenvalue weighted by molar-refractivity contribution is 0.414. The van der Waals surface area contributed by atoms with E-state index in [1.807, 2.05) is 25.1 Å². The van der Waals surface area contributed by atoms with Gasteiger partial charge in [-0.25, -0.2) is 0 Å². The molecule has 0 radical (unpaired) electrons. The third kappa shape index (κ3) is 5.69. The summed E-state index contributed by atoms with van der Waals surface area (Å²) in [4.78, 5) is 0. The Bertz CT molecular complexity index is 697. The topological polar surface area (TPSA) is 60.7 Å². The molecule has 0 spiro atoms. The van der Waals surface area contributed by atoms with E-state index in [4.69, 9.17) is 0 Å². The maximum atomic E-state index is 9.58. The molecule has 0 aliphatic carbocycles. The molecule has 0 fully saturated rings. The van der Waals surface area contributed by atoms with Gasteiger partial charge in [0.1, 0.15) is 11.5 Å². The fraction of sp³-hybridized carbons (Fsp3) is 0.143. The van der Waals surface area contributed by atoms with E-state index in [0.29, 0.717) is 0 Å². The normalized spacial score (nSPS) is 15.1. The van der Waals surface area contributed by atoms with Crippen molar-refractivity contribution in [3.05, 3.63) is 102 Å². The SMILES string of the molecule is C=C/C(O)=C\C=C(/C=C)C(/C(C)=C/C=C(\C)O)c1ccc(O)cc1. The zero-order valence-electron chi connectivity index (χ0n) is 14.1. The van der Waals surface area contributed by atoms with Gasteiger partial charge in [0.05, 0.1) is 5.76 Å². The first-order chi connectivity index (χ1) is 11.4.